The number of carbonyl (C=O) groups excluding carboxylic acids is 1. The Labute approximate surface area is 130 Å². The van der Waals surface area contributed by atoms with Crippen molar-refractivity contribution >= 4 is 11.9 Å². The standard InChI is InChI=1S/C14H13NO.C2HF3O2/c15-14(16)13-8-6-12(7-9-13)10-11-4-2-1-3-5-11;3-2(4,5)1(6)7/h1-9H,10H2,(H2,15,16);(H,6,7). The highest BCUT2D eigenvalue weighted by Gasteiger charge is 2.38. The van der Waals surface area contributed by atoms with Gasteiger partial charge in [0, 0.05) is 5.56 Å². The highest BCUT2D eigenvalue weighted by Crippen LogP contribution is 2.13. The lowest BCUT2D eigenvalue weighted by Gasteiger charge is -2.02. The van der Waals surface area contributed by atoms with E-state index in [9.17, 15) is 18.0 Å². The molecule has 7 heteroatoms. The SMILES string of the molecule is NC(=O)c1ccc(Cc2ccccc2)cc1.O=C(O)C(F)(F)F. The Morgan fingerprint density at radius 3 is 1.74 bits per heavy atom. The molecule has 4 nitrogen and oxygen atoms in total. The number of carboxylic acid groups (broad SMARTS) is 1. The Kier molecular flexibility index (Phi) is 6.32. The van der Waals surface area contributed by atoms with Crippen LogP contribution in [0.2, 0.25) is 0 Å². The normalized spacial score (nSPS) is 10.4. The summed E-state index contributed by atoms with van der Waals surface area (Å²) in [5, 5.41) is 7.12. The van der Waals surface area contributed by atoms with Crippen LogP contribution in [0, 0.1) is 0 Å². The Morgan fingerprint density at radius 1 is 0.913 bits per heavy atom. The van der Waals surface area contributed by atoms with Gasteiger partial charge in [-0.1, -0.05) is 42.5 Å². The number of hydrogen-bond donors (Lipinski definition) is 2. The molecule has 0 aromatic heterocycles. The molecule has 2 aromatic rings. The highest BCUT2D eigenvalue weighted by atomic mass is 19.4. The fourth-order valence-electron chi connectivity index (χ4n) is 1.62. The van der Waals surface area contributed by atoms with Crippen LogP contribution in [-0.4, -0.2) is 23.2 Å². The fraction of sp³-hybridized carbons (Fsp3) is 0.125. The maximum Gasteiger partial charge on any atom is 0.490 e. The van der Waals surface area contributed by atoms with Crippen molar-refractivity contribution in [3.63, 3.8) is 0 Å². The van der Waals surface area contributed by atoms with Crippen molar-refractivity contribution in [2.75, 3.05) is 0 Å². The van der Waals surface area contributed by atoms with Gasteiger partial charge in [0.05, 0.1) is 0 Å². The molecule has 0 spiro atoms. The van der Waals surface area contributed by atoms with Gasteiger partial charge in [0.2, 0.25) is 5.91 Å². The lowest BCUT2D eigenvalue weighted by molar-refractivity contribution is -0.192. The van der Waals surface area contributed by atoms with Gasteiger partial charge in [-0.25, -0.2) is 4.79 Å². The number of carboxylic acids is 1. The number of aliphatic carboxylic acids is 1. The number of hydrogen-bond acceptors (Lipinski definition) is 2. The molecule has 0 saturated heterocycles. The number of halogens is 3. The third-order valence-electron chi connectivity index (χ3n) is 2.73. The Hall–Kier alpha value is -2.83. The van der Waals surface area contributed by atoms with Gasteiger partial charge in [0.1, 0.15) is 0 Å². The number of benzene rings is 2. The summed E-state index contributed by atoms with van der Waals surface area (Å²) in [5.74, 6) is -3.14. The van der Waals surface area contributed by atoms with Crippen molar-refractivity contribution in [3.8, 4) is 0 Å². The van der Waals surface area contributed by atoms with Gasteiger partial charge < -0.3 is 10.8 Å². The van der Waals surface area contributed by atoms with Gasteiger partial charge in [-0.3, -0.25) is 4.79 Å². The average Bonchev–Trinajstić information content (AvgIpc) is 2.48. The number of carbonyl (C=O) groups is 2. The minimum atomic E-state index is -5.08. The quantitative estimate of drug-likeness (QED) is 0.910. The van der Waals surface area contributed by atoms with Crippen LogP contribution in [0.1, 0.15) is 21.5 Å². The first kappa shape index (κ1) is 18.2. The molecule has 0 unspecified atom stereocenters. The van der Waals surface area contributed by atoms with Crippen LogP contribution < -0.4 is 5.73 Å². The first-order valence-corrected chi connectivity index (χ1v) is 6.43. The first-order chi connectivity index (χ1) is 10.7. The molecule has 2 aromatic carbocycles. The van der Waals surface area contributed by atoms with Crippen molar-refractivity contribution in [1.82, 2.24) is 0 Å². The molecule has 0 aliphatic carbocycles. The number of rotatable bonds is 3. The molecule has 0 saturated carbocycles. The van der Waals surface area contributed by atoms with Gasteiger partial charge >= 0.3 is 12.1 Å². The summed E-state index contributed by atoms with van der Waals surface area (Å²) < 4.78 is 31.7. The molecule has 2 rings (SSSR count). The van der Waals surface area contributed by atoms with Gasteiger partial charge in [0.25, 0.3) is 0 Å². The Balaban J connectivity index is 0.000000322. The van der Waals surface area contributed by atoms with E-state index in [2.05, 4.69) is 12.1 Å². The number of nitrogens with two attached hydrogens (primary N) is 1. The highest BCUT2D eigenvalue weighted by molar-refractivity contribution is 5.92. The molecule has 0 fully saturated rings. The zero-order valence-electron chi connectivity index (χ0n) is 11.9. The Morgan fingerprint density at radius 2 is 1.35 bits per heavy atom. The van der Waals surface area contributed by atoms with E-state index in [4.69, 9.17) is 15.6 Å². The molecule has 0 aliphatic heterocycles. The summed E-state index contributed by atoms with van der Waals surface area (Å²) >= 11 is 0. The first-order valence-electron chi connectivity index (χ1n) is 6.43. The van der Waals surface area contributed by atoms with Crippen LogP contribution in [-0.2, 0) is 11.2 Å². The van der Waals surface area contributed by atoms with E-state index in [0.29, 0.717) is 5.56 Å². The topological polar surface area (TPSA) is 80.4 Å². The monoisotopic (exact) mass is 325 g/mol. The van der Waals surface area contributed by atoms with E-state index in [1.807, 2.05) is 30.3 Å². The molecule has 0 atom stereocenters. The van der Waals surface area contributed by atoms with Crippen LogP contribution in [0.4, 0.5) is 13.2 Å². The summed E-state index contributed by atoms with van der Waals surface area (Å²) in [5.41, 5.74) is 8.17. The lowest BCUT2D eigenvalue weighted by atomic mass is 10.0. The molecular formula is C16H14F3NO3. The molecule has 122 valence electrons. The van der Waals surface area contributed by atoms with Crippen molar-refractivity contribution in [1.29, 1.82) is 0 Å². The maximum atomic E-state index is 10.9. The van der Waals surface area contributed by atoms with Crippen LogP contribution in [0.5, 0.6) is 0 Å². The minimum Gasteiger partial charge on any atom is -0.475 e. The zero-order valence-corrected chi connectivity index (χ0v) is 11.9. The molecule has 1 amide bonds. The average molecular weight is 325 g/mol. The molecule has 0 bridgehead atoms. The molecule has 3 N–H and O–H groups in total. The van der Waals surface area contributed by atoms with Crippen LogP contribution in [0.25, 0.3) is 0 Å². The molecule has 23 heavy (non-hydrogen) atoms. The van der Waals surface area contributed by atoms with Crippen LogP contribution in [0.15, 0.2) is 54.6 Å². The second-order valence-corrected chi connectivity index (χ2v) is 4.53. The number of alkyl halides is 3. The predicted molar refractivity (Wildman–Crippen MR) is 77.9 cm³/mol. The van der Waals surface area contributed by atoms with E-state index in [-0.39, 0.29) is 5.91 Å². The second-order valence-electron chi connectivity index (χ2n) is 4.53. The third kappa shape index (κ3) is 6.64. The van der Waals surface area contributed by atoms with E-state index in [1.54, 1.807) is 12.1 Å². The summed E-state index contributed by atoms with van der Waals surface area (Å²) in [6.45, 7) is 0. The van der Waals surface area contributed by atoms with E-state index in [0.717, 1.165) is 6.42 Å². The summed E-state index contributed by atoms with van der Waals surface area (Å²) in [4.78, 5) is 19.8. The summed E-state index contributed by atoms with van der Waals surface area (Å²) in [6.07, 6.45) is -4.21. The molecule has 0 heterocycles. The summed E-state index contributed by atoms with van der Waals surface area (Å²) in [7, 11) is 0. The predicted octanol–water partition coefficient (Wildman–Crippen LogP) is 3.01. The van der Waals surface area contributed by atoms with E-state index < -0.39 is 12.1 Å². The second kappa shape index (κ2) is 7.98. The largest absolute Gasteiger partial charge is 0.490 e. The molecule has 0 aliphatic rings. The van der Waals surface area contributed by atoms with Crippen LogP contribution in [0.3, 0.4) is 0 Å². The maximum absolute atomic E-state index is 10.9. The number of primary amides is 1. The fourth-order valence-corrected chi connectivity index (χ4v) is 1.62. The van der Waals surface area contributed by atoms with E-state index in [1.165, 1.54) is 11.1 Å². The third-order valence-corrected chi connectivity index (χ3v) is 2.73. The zero-order chi connectivity index (χ0) is 17.5. The van der Waals surface area contributed by atoms with Crippen LogP contribution >= 0.6 is 0 Å². The lowest BCUT2D eigenvalue weighted by Crippen LogP contribution is -2.21. The van der Waals surface area contributed by atoms with Crippen molar-refractivity contribution in [3.05, 3.63) is 71.3 Å². The molecular weight excluding hydrogens is 311 g/mol. The molecule has 0 radical (unpaired) electrons. The van der Waals surface area contributed by atoms with Gasteiger partial charge in [-0.15, -0.1) is 0 Å². The Bertz CT molecular complexity index is 653. The van der Waals surface area contributed by atoms with Crippen molar-refractivity contribution < 1.29 is 27.9 Å². The van der Waals surface area contributed by atoms with E-state index >= 15 is 0 Å². The smallest absolute Gasteiger partial charge is 0.475 e. The number of amides is 1. The van der Waals surface area contributed by atoms with Crippen molar-refractivity contribution in [2.24, 2.45) is 5.73 Å². The van der Waals surface area contributed by atoms with Crippen molar-refractivity contribution in [2.45, 2.75) is 12.6 Å². The van der Waals surface area contributed by atoms with Gasteiger partial charge in [-0.2, -0.15) is 13.2 Å². The van der Waals surface area contributed by atoms with Gasteiger partial charge in [0.15, 0.2) is 0 Å². The summed E-state index contributed by atoms with van der Waals surface area (Å²) in [6, 6.07) is 17.6. The minimum absolute atomic E-state index is 0.383. The van der Waals surface area contributed by atoms with Gasteiger partial charge in [-0.05, 0) is 29.7 Å².